The molecule has 0 aromatic carbocycles. The van der Waals surface area contributed by atoms with Gasteiger partial charge in [-0.2, -0.15) is 13.7 Å². The summed E-state index contributed by atoms with van der Waals surface area (Å²) in [5.41, 5.74) is -1.99. The van der Waals surface area contributed by atoms with Gasteiger partial charge in [0.05, 0.1) is 12.2 Å². The Morgan fingerprint density at radius 3 is 1.57 bits per heavy atom. The molecule has 0 aromatic heterocycles. The van der Waals surface area contributed by atoms with Gasteiger partial charge in [-0.1, -0.05) is 37.0 Å². The fraction of sp³-hybridized carbons (Fsp3) is 1.00. The summed E-state index contributed by atoms with van der Waals surface area (Å²) in [5.74, 6) is 0. The van der Waals surface area contributed by atoms with E-state index in [0.29, 0.717) is 0 Å². The van der Waals surface area contributed by atoms with Gasteiger partial charge in [-0.05, 0) is 26.7 Å². The van der Waals surface area contributed by atoms with Crippen LogP contribution in [0.15, 0.2) is 0 Å². The van der Waals surface area contributed by atoms with Crippen LogP contribution >= 0.6 is 34.8 Å². The lowest BCUT2D eigenvalue weighted by Gasteiger charge is -2.41. The van der Waals surface area contributed by atoms with Crippen LogP contribution in [-0.4, -0.2) is 62.9 Å². The van der Waals surface area contributed by atoms with E-state index in [1.54, 1.807) is 0 Å². The highest BCUT2D eigenvalue weighted by Crippen LogP contribution is 2.54. The molecule has 1 rings (SSSR count). The third-order valence-electron chi connectivity index (χ3n) is 4.70. The van der Waals surface area contributed by atoms with Crippen molar-refractivity contribution in [1.29, 1.82) is 0 Å². The SMILES string of the molecule is CCC(C(C)OC(F)(F)F)N1C(Cl)C(Cl)(Cl)N(C(CC)C(C)OC(F)(F)F)C1(F)F. The highest BCUT2D eigenvalue weighted by atomic mass is 35.5. The first kappa shape index (κ1) is 28.2. The Morgan fingerprint density at radius 2 is 1.23 bits per heavy atom. The van der Waals surface area contributed by atoms with Crippen molar-refractivity contribution >= 4 is 34.8 Å². The summed E-state index contributed by atoms with van der Waals surface area (Å²) in [7, 11) is 0. The zero-order valence-corrected chi connectivity index (χ0v) is 18.4. The zero-order chi connectivity index (χ0) is 23.9. The number of alkyl halides is 11. The van der Waals surface area contributed by atoms with Crippen molar-refractivity contribution in [3.8, 4) is 0 Å². The molecule has 5 atom stereocenters. The van der Waals surface area contributed by atoms with Crippen LogP contribution in [0.4, 0.5) is 35.1 Å². The highest BCUT2D eigenvalue weighted by Gasteiger charge is 2.70. The Hall–Kier alpha value is 0.150. The van der Waals surface area contributed by atoms with Crippen LogP contribution in [0.25, 0.3) is 0 Å². The van der Waals surface area contributed by atoms with Gasteiger partial charge in [-0.15, -0.1) is 37.9 Å². The van der Waals surface area contributed by atoms with E-state index in [1.165, 1.54) is 13.8 Å². The van der Waals surface area contributed by atoms with Crippen LogP contribution in [0.1, 0.15) is 40.5 Å². The molecule has 0 amide bonds. The van der Waals surface area contributed by atoms with Gasteiger partial charge in [0, 0.05) is 12.1 Å². The predicted molar refractivity (Wildman–Crippen MR) is 94.1 cm³/mol. The lowest BCUT2D eigenvalue weighted by atomic mass is 10.1. The van der Waals surface area contributed by atoms with Crippen molar-refractivity contribution in [2.45, 2.75) is 93.7 Å². The Bertz CT molecular complexity index is 579. The second kappa shape index (κ2) is 9.56. The van der Waals surface area contributed by atoms with E-state index >= 15 is 8.78 Å². The van der Waals surface area contributed by atoms with E-state index in [-0.39, 0.29) is 22.6 Å². The molecule has 0 N–H and O–H groups in total. The quantitative estimate of drug-likeness (QED) is 0.215. The van der Waals surface area contributed by atoms with Gasteiger partial charge in [-0.3, -0.25) is 9.47 Å². The number of ether oxygens (including phenoxy) is 2. The fourth-order valence-corrected chi connectivity index (χ4v) is 4.60. The third-order valence-corrected chi connectivity index (χ3v) is 6.23. The van der Waals surface area contributed by atoms with Gasteiger partial charge >= 0.3 is 18.9 Å². The van der Waals surface area contributed by atoms with Gasteiger partial charge in [-0.25, -0.2) is 4.90 Å². The molecule has 0 aliphatic carbocycles. The molecule has 15 heteroatoms. The lowest BCUT2D eigenvalue weighted by Crippen LogP contribution is -2.60. The number of nitrogens with zero attached hydrogens (tertiary/aromatic N) is 2. The molecular weight excluding hydrogens is 499 g/mol. The first-order valence-electron chi connectivity index (χ1n) is 8.77. The summed E-state index contributed by atoms with van der Waals surface area (Å²) in [4.78, 5) is 0.147. The van der Waals surface area contributed by atoms with E-state index in [9.17, 15) is 26.3 Å². The van der Waals surface area contributed by atoms with Crippen LogP contribution in [0.5, 0.6) is 0 Å². The molecule has 0 radical (unpaired) electrons. The minimum absolute atomic E-state index is 0.0279. The monoisotopic (exact) mass is 518 g/mol. The topological polar surface area (TPSA) is 24.9 Å². The molecule has 0 bridgehead atoms. The lowest BCUT2D eigenvalue weighted by molar-refractivity contribution is -0.358. The summed E-state index contributed by atoms with van der Waals surface area (Å²) in [5, 5.41) is 0. The van der Waals surface area contributed by atoms with Crippen LogP contribution in [0.2, 0.25) is 0 Å². The van der Waals surface area contributed by atoms with Gasteiger partial charge in [0.25, 0.3) is 0 Å². The molecule has 1 saturated heterocycles. The standard InChI is InChI=1S/C15H21Cl3F8N2O2/c1-5-9(7(3)29-13(19,20)21)27-11(16)12(17,18)28(15(27,25)26)10(6-2)8(4)30-14(22,23)24/h7-11H,5-6H2,1-4H3. The molecule has 1 aliphatic rings. The normalized spacial score (nSPS) is 27.1. The Labute approximate surface area is 183 Å². The van der Waals surface area contributed by atoms with E-state index in [2.05, 4.69) is 9.47 Å². The van der Waals surface area contributed by atoms with Crippen molar-refractivity contribution in [2.75, 3.05) is 0 Å². The summed E-state index contributed by atoms with van der Waals surface area (Å²) >= 11 is 18.1. The zero-order valence-electron chi connectivity index (χ0n) is 16.2. The maximum Gasteiger partial charge on any atom is 0.522 e. The summed E-state index contributed by atoms with van der Waals surface area (Å²) in [6.45, 7) is 4.39. The maximum absolute atomic E-state index is 15.4. The van der Waals surface area contributed by atoms with Gasteiger partial charge in [0.15, 0.2) is 0 Å². The number of halogens is 11. The van der Waals surface area contributed by atoms with E-state index < -0.39 is 53.1 Å². The first-order valence-corrected chi connectivity index (χ1v) is 9.97. The Morgan fingerprint density at radius 1 is 0.867 bits per heavy atom. The second-order valence-electron chi connectivity index (χ2n) is 6.70. The van der Waals surface area contributed by atoms with Crippen molar-refractivity contribution in [1.82, 2.24) is 9.80 Å². The molecule has 0 saturated carbocycles. The van der Waals surface area contributed by atoms with Crippen molar-refractivity contribution in [3.05, 3.63) is 0 Å². The van der Waals surface area contributed by atoms with Gasteiger partial charge in [0.2, 0.25) is 4.46 Å². The molecule has 1 heterocycles. The second-order valence-corrected chi connectivity index (χ2v) is 8.46. The summed E-state index contributed by atoms with van der Waals surface area (Å²) < 4.78 is 111. The summed E-state index contributed by atoms with van der Waals surface area (Å²) in [6.07, 6.45) is -18.8. The molecular formula is C15H21Cl3F8N2O2. The highest BCUT2D eigenvalue weighted by molar-refractivity contribution is 6.52. The van der Waals surface area contributed by atoms with Crippen LogP contribution in [-0.2, 0) is 9.47 Å². The van der Waals surface area contributed by atoms with Crippen molar-refractivity contribution < 1.29 is 44.6 Å². The molecule has 180 valence electrons. The van der Waals surface area contributed by atoms with Crippen molar-refractivity contribution in [2.24, 2.45) is 0 Å². The van der Waals surface area contributed by atoms with E-state index in [4.69, 9.17) is 34.8 Å². The smallest absolute Gasteiger partial charge is 0.287 e. The number of hydrogen-bond donors (Lipinski definition) is 0. The average molecular weight is 520 g/mol. The van der Waals surface area contributed by atoms with Crippen LogP contribution < -0.4 is 0 Å². The molecule has 0 aromatic rings. The number of hydrogen-bond acceptors (Lipinski definition) is 4. The van der Waals surface area contributed by atoms with Crippen LogP contribution in [0, 0.1) is 0 Å². The maximum atomic E-state index is 15.4. The van der Waals surface area contributed by atoms with Gasteiger partial charge in [0.1, 0.15) is 5.50 Å². The largest absolute Gasteiger partial charge is 0.522 e. The minimum Gasteiger partial charge on any atom is -0.287 e. The third kappa shape index (κ3) is 6.14. The molecule has 4 nitrogen and oxygen atoms in total. The molecule has 0 spiro atoms. The molecule has 1 aliphatic heterocycles. The molecule has 5 unspecified atom stereocenters. The Balaban J connectivity index is 3.38. The van der Waals surface area contributed by atoms with Gasteiger partial charge < -0.3 is 0 Å². The Kier molecular flexibility index (Phi) is 8.98. The average Bonchev–Trinajstić information content (AvgIpc) is 2.64. The van der Waals surface area contributed by atoms with E-state index in [0.717, 1.165) is 13.8 Å². The fourth-order valence-electron chi connectivity index (χ4n) is 3.57. The minimum atomic E-state index is -5.13. The summed E-state index contributed by atoms with van der Waals surface area (Å²) in [6, 6.07) is -3.33. The first-order chi connectivity index (χ1) is 13.3. The van der Waals surface area contributed by atoms with Crippen molar-refractivity contribution in [3.63, 3.8) is 0 Å². The van der Waals surface area contributed by atoms with Crippen LogP contribution in [0.3, 0.4) is 0 Å². The predicted octanol–water partition coefficient (Wildman–Crippen LogP) is 6.26. The molecule has 30 heavy (non-hydrogen) atoms. The van der Waals surface area contributed by atoms with E-state index in [1.807, 2.05) is 0 Å². The molecule has 1 fully saturated rings. The number of rotatable bonds is 8.